The molecule has 0 amide bonds. The number of aryl methyl sites for hydroxylation is 1. The van der Waals surface area contributed by atoms with Crippen molar-refractivity contribution in [3.63, 3.8) is 0 Å². The lowest BCUT2D eigenvalue weighted by molar-refractivity contribution is -0.151. The summed E-state index contributed by atoms with van der Waals surface area (Å²) in [6.45, 7) is 2.20. The van der Waals surface area contributed by atoms with Crippen molar-refractivity contribution in [2.24, 2.45) is 0 Å². The van der Waals surface area contributed by atoms with Crippen LogP contribution >= 0.6 is 0 Å². The van der Waals surface area contributed by atoms with Crippen LogP contribution in [-0.4, -0.2) is 24.0 Å². The van der Waals surface area contributed by atoms with Crippen LogP contribution in [0.1, 0.15) is 81.9 Å². The van der Waals surface area contributed by atoms with Gasteiger partial charge in [0.15, 0.2) is 0 Å². The fraction of sp³-hybridized carbons (Fsp3) is 0.565. The molecular weight excluding hydrogens is 340 g/mol. The second-order valence-corrected chi connectivity index (χ2v) is 6.94. The molecule has 1 unspecified atom stereocenters. The molecule has 0 heterocycles. The van der Waals surface area contributed by atoms with E-state index >= 15 is 0 Å². The summed E-state index contributed by atoms with van der Waals surface area (Å²) in [5, 5.41) is 10.3. The number of aliphatic hydroxyl groups is 1. The highest BCUT2D eigenvalue weighted by atomic mass is 16.5. The number of aliphatic hydroxyl groups excluding tert-OH is 1. The predicted octanol–water partition coefficient (Wildman–Crippen LogP) is 5.09. The van der Waals surface area contributed by atoms with Gasteiger partial charge in [-0.25, -0.2) is 4.79 Å². The summed E-state index contributed by atoms with van der Waals surface area (Å²) in [6.07, 6.45) is 13.0. The molecule has 4 heteroatoms. The van der Waals surface area contributed by atoms with Crippen LogP contribution in [0, 0.1) is 0 Å². The highest BCUT2D eigenvalue weighted by Gasteiger charge is 2.12. The number of methoxy groups -OCH3 is 1. The van der Waals surface area contributed by atoms with Gasteiger partial charge in [-0.3, -0.25) is 4.79 Å². The van der Waals surface area contributed by atoms with Crippen molar-refractivity contribution in [1.29, 1.82) is 0 Å². The molecule has 0 radical (unpaired) electrons. The maximum absolute atomic E-state index is 11.3. The Morgan fingerprint density at radius 2 is 1.78 bits per heavy atom. The third-order valence-corrected chi connectivity index (χ3v) is 4.65. The molecule has 0 bridgehead atoms. The number of allylic oxidation sites excluding steroid dienone is 1. The van der Waals surface area contributed by atoms with Crippen LogP contribution in [0.4, 0.5) is 0 Å². The van der Waals surface area contributed by atoms with Gasteiger partial charge in [-0.2, -0.15) is 0 Å². The van der Waals surface area contributed by atoms with Crippen molar-refractivity contribution in [2.45, 2.75) is 77.2 Å². The lowest BCUT2D eigenvalue weighted by Gasteiger charge is -2.09. The molecule has 0 saturated heterocycles. The second kappa shape index (κ2) is 14.2. The summed E-state index contributed by atoms with van der Waals surface area (Å²) < 4.78 is 4.40. The van der Waals surface area contributed by atoms with Crippen molar-refractivity contribution in [2.75, 3.05) is 7.11 Å². The summed E-state index contributed by atoms with van der Waals surface area (Å²) in [7, 11) is 1.23. The van der Waals surface area contributed by atoms with E-state index in [1.807, 2.05) is 12.1 Å². The fourth-order valence-electron chi connectivity index (χ4n) is 2.91. The number of unbranched alkanes of at least 4 members (excludes halogenated alkanes) is 5. The van der Waals surface area contributed by atoms with E-state index in [0.717, 1.165) is 31.2 Å². The number of carbonyl (C=O) groups is 2. The third-order valence-electron chi connectivity index (χ3n) is 4.65. The van der Waals surface area contributed by atoms with Gasteiger partial charge in [0.1, 0.15) is 0 Å². The van der Waals surface area contributed by atoms with Gasteiger partial charge in [-0.05, 0) is 49.7 Å². The molecule has 1 aromatic rings. The Balaban J connectivity index is 2.24. The van der Waals surface area contributed by atoms with Gasteiger partial charge in [-0.1, -0.05) is 62.6 Å². The smallest absolute Gasteiger partial charge is 0.374 e. The number of ketones is 1. The van der Waals surface area contributed by atoms with Gasteiger partial charge in [-0.15, -0.1) is 0 Å². The minimum atomic E-state index is -0.750. The van der Waals surface area contributed by atoms with E-state index in [9.17, 15) is 14.7 Å². The maximum Gasteiger partial charge on any atom is 0.374 e. The van der Waals surface area contributed by atoms with Crippen LogP contribution in [0.5, 0.6) is 0 Å². The number of rotatable bonds is 14. The molecule has 1 N–H and O–H groups in total. The standard InChI is InChI=1S/C23H34O4/c1-3-4-5-6-7-10-13-21(24)20-17-15-19(16-18-20)12-9-8-11-14-22(25)23(26)27-2/h7,10,15-18,21,24H,3-6,8-9,11-14H2,1-2H3. The van der Waals surface area contributed by atoms with Gasteiger partial charge in [0, 0.05) is 6.42 Å². The predicted molar refractivity (Wildman–Crippen MR) is 108 cm³/mol. The van der Waals surface area contributed by atoms with Gasteiger partial charge >= 0.3 is 5.97 Å². The molecule has 0 aliphatic rings. The topological polar surface area (TPSA) is 63.6 Å². The molecular formula is C23H34O4. The van der Waals surface area contributed by atoms with Gasteiger partial charge in [0.25, 0.3) is 0 Å². The highest BCUT2D eigenvalue weighted by molar-refractivity contribution is 6.33. The average molecular weight is 375 g/mol. The summed E-state index contributed by atoms with van der Waals surface area (Å²) in [4.78, 5) is 22.4. The SMILES string of the molecule is CCCCCC=CCC(O)c1ccc(CCCCCC(=O)C(=O)OC)cc1. The number of carbonyl (C=O) groups excluding carboxylic acids is 2. The molecule has 150 valence electrons. The van der Waals surface area contributed by atoms with Gasteiger partial charge < -0.3 is 9.84 Å². The van der Waals surface area contributed by atoms with E-state index in [1.54, 1.807) is 0 Å². The van der Waals surface area contributed by atoms with E-state index < -0.39 is 17.9 Å². The molecule has 1 atom stereocenters. The first kappa shape index (κ1) is 23.1. The number of hydrogen-bond acceptors (Lipinski definition) is 4. The van der Waals surface area contributed by atoms with E-state index in [2.05, 4.69) is 35.9 Å². The molecule has 0 fully saturated rings. The van der Waals surface area contributed by atoms with Crippen LogP contribution in [0.25, 0.3) is 0 Å². The fourth-order valence-corrected chi connectivity index (χ4v) is 2.91. The van der Waals surface area contributed by atoms with Crippen molar-refractivity contribution in [3.05, 3.63) is 47.5 Å². The Bertz CT molecular complexity index is 575. The highest BCUT2D eigenvalue weighted by Crippen LogP contribution is 2.19. The molecule has 0 saturated carbocycles. The minimum absolute atomic E-state index is 0.254. The quantitative estimate of drug-likeness (QED) is 0.213. The number of benzene rings is 1. The van der Waals surface area contributed by atoms with E-state index in [-0.39, 0.29) is 6.42 Å². The van der Waals surface area contributed by atoms with E-state index in [0.29, 0.717) is 12.8 Å². The van der Waals surface area contributed by atoms with Crippen LogP contribution in [0.15, 0.2) is 36.4 Å². The van der Waals surface area contributed by atoms with Crippen LogP contribution in [0.3, 0.4) is 0 Å². The largest absolute Gasteiger partial charge is 0.463 e. The normalized spacial score (nSPS) is 12.3. The molecule has 1 rings (SSSR count). The molecule has 0 aliphatic heterocycles. The lowest BCUT2D eigenvalue weighted by atomic mass is 10.0. The minimum Gasteiger partial charge on any atom is -0.463 e. The Morgan fingerprint density at radius 1 is 1.04 bits per heavy atom. The zero-order valence-corrected chi connectivity index (χ0v) is 16.8. The Morgan fingerprint density at radius 3 is 2.44 bits per heavy atom. The van der Waals surface area contributed by atoms with Gasteiger partial charge in [0.2, 0.25) is 5.78 Å². The number of ether oxygens (including phenoxy) is 1. The average Bonchev–Trinajstić information content (AvgIpc) is 2.69. The van der Waals surface area contributed by atoms with Crippen molar-refractivity contribution >= 4 is 11.8 Å². The molecule has 27 heavy (non-hydrogen) atoms. The molecule has 0 aliphatic carbocycles. The first-order chi connectivity index (χ1) is 13.1. The number of Topliss-reactive ketones (excluding diaryl/α,β-unsaturated/α-hetero) is 1. The molecule has 4 nitrogen and oxygen atoms in total. The van der Waals surface area contributed by atoms with Crippen LogP contribution < -0.4 is 0 Å². The second-order valence-electron chi connectivity index (χ2n) is 6.94. The van der Waals surface area contributed by atoms with Gasteiger partial charge in [0.05, 0.1) is 13.2 Å². The number of esters is 1. The lowest BCUT2D eigenvalue weighted by Crippen LogP contribution is -2.14. The zero-order valence-electron chi connectivity index (χ0n) is 16.8. The molecule has 1 aromatic carbocycles. The van der Waals surface area contributed by atoms with Crippen LogP contribution in [-0.2, 0) is 20.7 Å². The van der Waals surface area contributed by atoms with E-state index in [4.69, 9.17) is 0 Å². The molecule has 0 spiro atoms. The van der Waals surface area contributed by atoms with Crippen molar-refractivity contribution in [1.82, 2.24) is 0 Å². The van der Waals surface area contributed by atoms with Crippen molar-refractivity contribution in [3.8, 4) is 0 Å². The summed E-state index contributed by atoms with van der Waals surface area (Å²) in [6, 6.07) is 8.10. The van der Waals surface area contributed by atoms with Crippen molar-refractivity contribution < 1.29 is 19.4 Å². The van der Waals surface area contributed by atoms with E-state index in [1.165, 1.54) is 31.9 Å². The summed E-state index contributed by atoms with van der Waals surface area (Å²) >= 11 is 0. The summed E-state index contributed by atoms with van der Waals surface area (Å²) in [5.74, 6) is -1.20. The monoisotopic (exact) mass is 374 g/mol. The number of hydrogen-bond donors (Lipinski definition) is 1. The first-order valence-electron chi connectivity index (χ1n) is 10.1. The Labute approximate surface area is 163 Å². The van der Waals surface area contributed by atoms with Crippen LogP contribution in [0.2, 0.25) is 0 Å². The Kier molecular flexibility index (Phi) is 12.1. The Hall–Kier alpha value is -1.94. The maximum atomic E-state index is 11.3. The zero-order chi connectivity index (χ0) is 19.9. The molecule has 0 aromatic heterocycles. The third kappa shape index (κ3) is 10.1. The first-order valence-corrected chi connectivity index (χ1v) is 10.1. The summed E-state index contributed by atoms with van der Waals surface area (Å²) in [5.41, 5.74) is 2.17.